The smallest absolute Gasteiger partial charge is 0 e. The average molecular weight is 649 g/mol. The van der Waals surface area contributed by atoms with E-state index in [1.54, 1.807) is 5.30 Å². The van der Waals surface area contributed by atoms with Gasteiger partial charge in [-0.1, -0.05) is 0 Å². The van der Waals surface area contributed by atoms with Crippen LogP contribution in [0, 0.1) is 0 Å². The molecule has 0 aliphatic rings. The molecule has 1 aromatic rings. The third-order valence-corrected chi connectivity index (χ3v) is 13.0. The molecule has 0 spiro atoms. The summed E-state index contributed by atoms with van der Waals surface area (Å²) < 4.78 is 0. The predicted octanol–water partition coefficient (Wildman–Crippen LogP) is 9.85. The Hall–Kier alpha value is 0.138. The molecule has 0 aromatic heterocycles. The SMILES string of the molecule is CCCCCCCC[PH](CCCCCCCC)(CCCCCCCC)c1ccc(O)cc1.[W]. The maximum absolute atomic E-state index is 9.93. The monoisotopic (exact) mass is 648 g/mol. The van der Waals surface area contributed by atoms with Gasteiger partial charge in [-0.3, -0.25) is 0 Å². The molecule has 1 N–H and O–H groups in total. The molecule has 0 fully saturated rings. The average Bonchev–Trinajstić information content (AvgIpc) is 2.80. The molecule has 1 rings (SSSR count). The van der Waals surface area contributed by atoms with Crippen molar-refractivity contribution in [1.29, 1.82) is 0 Å². The number of benzene rings is 1. The van der Waals surface area contributed by atoms with Crippen molar-refractivity contribution in [2.45, 2.75) is 136 Å². The summed E-state index contributed by atoms with van der Waals surface area (Å²) in [4.78, 5) is 0. The Morgan fingerprint density at radius 3 is 1.12 bits per heavy atom. The zero-order chi connectivity index (χ0) is 23.3. The summed E-state index contributed by atoms with van der Waals surface area (Å²) in [6.07, 6.45) is 29.6. The van der Waals surface area contributed by atoms with Crippen LogP contribution in [0.2, 0.25) is 0 Å². The first-order valence-corrected chi connectivity index (χ1v) is 17.1. The standard InChI is InChI=1S/C30H57OP.W/c1-4-7-10-13-16-19-26-32(27-20-17-14-11-8-5-2,28-21-18-15-12-9-6-3)30-24-22-29(31)23-25-30;/h22-25,31-32H,4-21,26-28H2,1-3H3;. The van der Waals surface area contributed by atoms with Crippen molar-refractivity contribution in [3.63, 3.8) is 0 Å². The predicted molar refractivity (Wildman–Crippen MR) is 151 cm³/mol. The normalized spacial score (nSPS) is 12.0. The van der Waals surface area contributed by atoms with Crippen LogP contribution in [0.1, 0.15) is 136 Å². The first-order chi connectivity index (χ1) is 15.7. The second-order valence-corrected chi connectivity index (χ2v) is 15.0. The van der Waals surface area contributed by atoms with Crippen LogP contribution in [0.4, 0.5) is 0 Å². The molecule has 1 aromatic carbocycles. The Labute approximate surface area is 222 Å². The third-order valence-electron chi connectivity index (χ3n) is 7.51. The number of hydrogen-bond donors (Lipinski definition) is 1. The molecule has 0 radical (unpaired) electrons. The largest absolute Gasteiger partial charge is 0 e. The van der Waals surface area contributed by atoms with Crippen LogP contribution in [0.15, 0.2) is 24.3 Å². The van der Waals surface area contributed by atoms with Crippen LogP contribution in [-0.2, 0) is 21.1 Å². The molecule has 194 valence electrons. The first-order valence-electron chi connectivity index (χ1n) is 14.5. The summed E-state index contributed by atoms with van der Waals surface area (Å²) >= 11 is 0. The zero-order valence-corrected chi connectivity index (χ0v) is 26.4. The molecule has 0 amide bonds. The Balaban J connectivity index is 0.0000102. The Bertz CT molecular complexity index is 490. The van der Waals surface area contributed by atoms with Gasteiger partial charge in [0.25, 0.3) is 0 Å². The van der Waals surface area contributed by atoms with Crippen LogP contribution in [-0.4, -0.2) is 23.6 Å². The molecule has 0 saturated heterocycles. The second kappa shape index (κ2) is 22.6. The number of aromatic hydroxyl groups is 1. The van der Waals surface area contributed by atoms with Gasteiger partial charge in [-0.05, 0) is 0 Å². The van der Waals surface area contributed by atoms with Crippen LogP contribution in [0.25, 0.3) is 0 Å². The van der Waals surface area contributed by atoms with Gasteiger partial charge >= 0.3 is 203 Å². The quantitative estimate of drug-likeness (QED) is 0.0981. The molecule has 0 aliphatic heterocycles. The minimum atomic E-state index is -1.51. The van der Waals surface area contributed by atoms with Crippen LogP contribution < -0.4 is 5.30 Å². The van der Waals surface area contributed by atoms with E-state index in [0.717, 1.165) is 0 Å². The molecule has 3 heteroatoms. The molecule has 0 saturated carbocycles. The number of hydrogen-bond acceptors (Lipinski definition) is 1. The van der Waals surface area contributed by atoms with Crippen molar-refractivity contribution >= 4 is 12.6 Å². The van der Waals surface area contributed by atoms with E-state index in [4.69, 9.17) is 0 Å². The van der Waals surface area contributed by atoms with E-state index in [-0.39, 0.29) is 21.1 Å². The molecule has 33 heavy (non-hydrogen) atoms. The van der Waals surface area contributed by atoms with Crippen LogP contribution in [0.5, 0.6) is 5.75 Å². The van der Waals surface area contributed by atoms with Crippen LogP contribution >= 0.6 is 7.26 Å². The fourth-order valence-electron chi connectivity index (χ4n) is 5.35. The van der Waals surface area contributed by atoms with Gasteiger partial charge in [-0.2, -0.15) is 0 Å². The first kappa shape index (κ1) is 33.1. The van der Waals surface area contributed by atoms with E-state index < -0.39 is 7.26 Å². The van der Waals surface area contributed by atoms with Crippen molar-refractivity contribution in [3.05, 3.63) is 24.3 Å². The van der Waals surface area contributed by atoms with Crippen molar-refractivity contribution in [1.82, 2.24) is 0 Å². The summed E-state index contributed by atoms with van der Waals surface area (Å²) in [7, 11) is -1.51. The van der Waals surface area contributed by atoms with Gasteiger partial charge < -0.3 is 0 Å². The Kier molecular flexibility index (Phi) is 22.7. The van der Waals surface area contributed by atoms with Crippen molar-refractivity contribution in [2.75, 3.05) is 18.5 Å². The minimum Gasteiger partial charge on any atom is 0 e. The fourth-order valence-corrected chi connectivity index (χ4v) is 10.6. The summed E-state index contributed by atoms with van der Waals surface area (Å²) in [6, 6.07) is 8.52. The number of phenolic OH excluding ortho intramolecular Hbond substituents is 1. The number of unbranched alkanes of at least 4 members (excludes halogenated alkanes) is 15. The topological polar surface area (TPSA) is 20.2 Å². The maximum atomic E-state index is 9.93. The van der Waals surface area contributed by atoms with E-state index in [1.165, 1.54) is 134 Å². The van der Waals surface area contributed by atoms with E-state index in [2.05, 4.69) is 32.9 Å². The van der Waals surface area contributed by atoms with Crippen LogP contribution in [0.3, 0.4) is 0 Å². The zero-order valence-electron chi connectivity index (χ0n) is 22.5. The number of phenols is 1. The molecule has 0 atom stereocenters. The third kappa shape index (κ3) is 15.7. The summed E-state index contributed by atoms with van der Waals surface area (Å²) in [5.74, 6) is 0.426. The molecule has 0 bridgehead atoms. The van der Waals surface area contributed by atoms with E-state index in [9.17, 15) is 5.11 Å². The maximum Gasteiger partial charge on any atom is 0 e. The van der Waals surface area contributed by atoms with Gasteiger partial charge in [0.1, 0.15) is 0 Å². The van der Waals surface area contributed by atoms with Crippen molar-refractivity contribution in [3.8, 4) is 5.75 Å². The van der Waals surface area contributed by atoms with E-state index in [0.29, 0.717) is 5.75 Å². The molecule has 0 aliphatic carbocycles. The van der Waals surface area contributed by atoms with Gasteiger partial charge in [0, 0.05) is 21.1 Å². The molecule has 0 unspecified atom stereocenters. The van der Waals surface area contributed by atoms with Gasteiger partial charge in [-0.25, -0.2) is 0 Å². The van der Waals surface area contributed by atoms with Crippen molar-refractivity contribution in [2.24, 2.45) is 0 Å². The van der Waals surface area contributed by atoms with Gasteiger partial charge in [-0.15, -0.1) is 0 Å². The van der Waals surface area contributed by atoms with E-state index >= 15 is 0 Å². The van der Waals surface area contributed by atoms with Gasteiger partial charge in [0.2, 0.25) is 0 Å². The molecular weight excluding hydrogens is 591 g/mol. The second-order valence-electron chi connectivity index (χ2n) is 10.4. The van der Waals surface area contributed by atoms with Gasteiger partial charge in [0.15, 0.2) is 0 Å². The number of rotatable bonds is 22. The molecule has 0 heterocycles. The van der Waals surface area contributed by atoms with E-state index in [1.807, 2.05) is 12.1 Å². The van der Waals surface area contributed by atoms with Crippen molar-refractivity contribution < 1.29 is 26.2 Å². The molecular formula is C30H57OPW. The fraction of sp³-hybridized carbons (Fsp3) is 0.800. The Morgan fingerprint density at radius 2 is 0.788 bits per heavy atom. The molecule has 1 nitrogen and oxygen atoms in total. The summed E-state index contributed by atoms with van der Waals surface area (Å²) in [5, 5.41) is 11.6. The minimum absolute atomic E-state index is 0. The summed E-state index contributed by atoms with van der Waals surface area (Å²) in [6.45, 7) is 6.93. The summed E-state index contributed by atoms with van der Waals surface area (Å²) in [5.41, 5.74) is 0. The van der Waals surface area contributed by atoms with Gasteiger partial charge in [0.05, 0.1) is 0 Å². The Morgan fingerprint density at radius 1 is 0.485 bits per heavy atom.